The molecule has 5 rings (SSSR count). The number of benzene rings is 1. The van der Waals surface area contributed by atoms with Gasteiger partial charge >= 0.3 is 0 Å². The number of hydrogen-bond acceptors (Lipinski definition) is 4. The van der Waals surface area contributed by atoms with Crippen molar-refractivity contribution in [1.29, 1.82) is 0 Å². The van der Waals surface area contributed by atoms with Crippen LogP contribution in [0.3, 0.4) is 0 Å². The lowest BCUT2D eigenvalue weighted by molar-refractivity contribution is -0.138. The Bertz CT molecular complexity index is 670. The quantitative estimate of drug-likeness (QED) is 0.787. The van der Waals surface area contributed by atoms with E-state index in [0.717, 1.165) is 31.4 Å². The van der Waals surface area contributed by atoms with Crippen LogP contribution in [-0.4, -0.2) is 41.5 Å². The number of phenols is 1. The largest absolute Gasteiger partial charge is 0.504 e. The van der Waals surface area contributed by atoms with Crippen LogP contribution in [0.4, 0.5) is 0 Å². The number of piperidine rings is 1. The number of ketones is 1. The van der Waals surface area contributed by atoms with Gasteiger partial charge in [0.25, 0.3) is 0 Å². The van der Waals surface area contributed by atoms with Crippen LogP contribution in [-0.2, 0) is 16.6 Å². The number of aromatic hydroxyl groups is 1. The average Bonchev–Trinajstić information content (AvgIpc) is 2.83. The highest BCUT2D eigenvalue weighted by atomic mass is 16.5. The first kappa shape index (κ1) is 12.0. The van der Waals surface area contributed by atoms with Crippen LogP contribution in [0.15, 0.2) is 12.1 Å². The minimum Gasteiger partial charge on any atom is -0.504 e. The number of phenolic OH excluding ortho intramolecular Hbond substituents is 1. The molecule has 110 valence electrons. The Morgan fingerprint density at radius 3 is 3.14 bits per heavy atom. The molecule has 1 saturated carbocycles. The summed E-state index contributed by atoms with van der Waals surface area (Å²) in [5, 5.41) is 10.2. The van der Waals surface area contributed by atoms with Crippen molar-refractivity contribution in [2.24, 2.45) is 5.92 Å². The molecule has 1 N–H and O–H groups in total. The summed E-state index contributed by atoms with van der Waals surface area (Å²) < 4.78 is 6.04. The van der Waals surface area contributed by atoms with Gasteiger partial charge in [0, 0.05) is 23.4 Å². The highest BCUT2D eigenvalue weighted by Gasteiger charge is 2.65. The molecule has 4 atom stereocenters. The zero-order chi connectivity index (χ0) is 14.4. The van der Waals surface area contributed by atoms with Gasteiger partial charge in [0.1, 0.15) is 0 Å². The number of Topliss-reactive ketones (excluding diaryl/α,β-unsaturated/α-hetero) is 1. The third kappa shape index (κ3) is 1.20. The number of carbonyl (C=O) groups excluding carboxylic acids is 1. The van der Waals surface area contributed by atoms with E-state index in [4.69, 9.17) is 4.74 Å². The summed E-state index contributed by atoms with van der Waals surface area (Å²) in [6, 6.07) is 4.26. The summed E-state index contributed by atoms with van der Waals surface area (Å²) in [6.07, 6.45) is 3.18. The zero-order valence-corrected chi connectivity index (χ0v) is 12.1. The molecule has 1 saturated heterocycles. The van der Waals surface area contributed by atoms with Gasteiger partial charge in [-0.3, -0.25) is 4.79 Å². The van der Waals surface area contributed by atoms with Crippen LogP contribution in [0.25, 0.3) is 0 Å². The fourth-order valence-corrected chi connectivity index (χ4v) is 5.52. The van der Waals surface area contributed by atoms with Crippen molar-refractivity contribution in [2.75, 3.05) is 13.6 Å². The molecule has 4 heteroatoms. The van der Waals surface area contributed by atoms with E-state index in [9.17, 15) is 9.90 Å². The lowest BCUT2D eigenvalue weighted by Gasteiger charge is -2.57. The molecule has 2 fully saturated rings. The van der Waals surface area contributed by atoms with E-state index < -0.39 is 0 Å². The maximum Gasteiger partial charge on any atom is 0.174 e. The van der Waals surface area contributed by atoms with Gasteiger partial charge in [0.05, 0.1) is 0 Å². The van der Waals surface area contributed by atoms with E-state index in [-0.39, 0.29) is 23.1 Å². The molecule has 0 aromatic heterocycles. The first-order valence-electron chi connectivity index (χ1n) is 7.88. The average molecular weight is 285 g/mol. The Kier molecular flexibility index (Phi) is 2.07. The highest BCUT2D eigenvalue weighted by molar-refractivity contribution is 5.89. The van der Waals surface area contributed by atoms with Crippen molar-refractivity contribution in [3.8, 4) is 11.5 Å². The second-order valence-corrected chi connectivity index (χ2v) is 7.10. The minimum absolute atomic E-state index is 0.172. The maximum absolute atomic E-state index is 12.5. The maximum atomic E-state index is 12.5. The van der Waals surface area contributed by atoms with E-state index in [1.54, 1.807) is 6.07 Å². The van der Waals surface area contributed by atoms with Crippen LogP contribution in [0.5, 0.6) is 11.5 Å². The predicted molar refractivity (Wildman–Crippen MR) is 76.7 cm³/mol. The summed E-state index contributed by atoms with van der Waals surface area (Å²) >= 11 is 0. The van der Waals surface area contributed by atoms with Crippen molar-refractivity contribution in [3.05, 3.63) is 23.3 Å². The summed E-state index contributed by atoms with van der Waals surface area (Å²) in [6.45, 7) is 1.00. The SMILES string of the molecule is CN1CC[C@]23c4c5ccc(O)c4OC2C(=O)CC[C@H]3[C@@H]1C5. The molecule has 2 aliphatic carbocycles. The van der Waals surface area contributed by atoms with Crippen LogP contribution in [0.2, 0.25) is 0 Å². The van der Waals surface area contributed by atoms with Crippen LogP contribution in [0.1, 0.15) is 30.4 Å². The number of nitrogens with zero attached hydrogens (tertiary/aromatic N) is 1. The van der Waals surface area contributed by atoms with Crippen molar-refractivity contribution in [2.45, 2.75) is 43.2 Å². The molecule has 0 radical (unpaired) electrons. The normalized spacial score (nSPS) is 39.9. The number of rotatable bonds is 0. The molecule has 4 aliphatic rings. The van der Waals surface area contributed by atoms with Crippen molar-refractivity contribution >= 4 is 5.78 Å². The second kappa shape index (κ2) is 3.61. The van der Waals surface area contributed by atoms with Gasteiger partial charge in [0.2, 0.25) is 0 Å². The molecule has 0 amide bonds. The molecule has 2 heterocycles. The number of ether oxygens (including phenoxy) is 1. The summed E-state index contributed by atoms with van der Waals surface area (Å²) in [5.74, 6) is 1.50. The molecule has 1 unspecified atom stereocenters. The van der Waals surface area contributed by atoms with Crippen LogP contribution < -0.4 is 4.74 Å². The van der Waals surface area contributed by atoms with Crippen molar-refractivity contribution in [3.63, 3.8) is 0 Å². The first-order chi connectivity index (χ1) is 10.1. The highest BCUT2D eigenvalue weighted by Crippen LogP contribution is 2.62. The standard InChI is InChI=1S/C17H19NO3/c1-18-7-6-17-10-3-5-13(20)16(17)21-15-12(19)4-2-9(14(15)17)8-11(10)18/h2,4,10-11,16,19H,3,5-8H2,1H3/t10-,11-,16?,17-/m0/s1. The fourth-order valence-electron chi connectivity index (χ4n) is 5.52. The summed E-state index contributed by atoms with van der Waals surface area (Å²) in [5.41, 5.74) is 2.26. The molecule has 1 aromatic rings. The van der Waals surface area contributed by atoms with Gasteiger partial charge in [-0.25, -0.2) is 0 Å². The molecule has 2 bridgehead atoms. The fraction of sp³-hybridized carbons (Fsp3) is 0.588. The Balaban J connectivity index is 1.83. The zero-order valence-electron chi connectivity index (χ0n) is 12.1. The monoisotopic (exact) mass is 285 g/mol. The predicted octanol–water partition coefficient (Wildman–Crippen LogP) is 1.63. The number of likely N-dealkylation sites (tertiary alicyclic amines) is 1. The van der Waals surface area contributed by atoms with E-state index in [1.807, 2.05) is 6.07 Å². The van der Waals surface area contributed by atoms with E-state index in [0.29, 0.717) is 24.1 Å². The van der Waals surface area contributed by atoms with Crippen LogP contribution in [0, 0.1) is 5.92 Å². The van der Waals surface area contributed by atoms with Crippen molar-refractivity contribution < 1.29 is 14.6 Å². The first-order valence-corrected chi connectivity index (χ1v) is 7.88. The Morgan fingerprint density at radius 1 is 1.43 bits per heavy atom. The Hall–Kier alpha value is -1.55. The molecule has 1 spiro atoms. The molecule has 21 heavy (non-hydrogen) atoms. The third-order valence-electron chi connectivity index (χ3n) is 6.39. The number of hydrogen-bond donors (Lipinski definition) is 1. The topological polar surface area (TPSA) is 49.8 Å². The molecular weight excluding hydrogens is 266 g/mol. The Morgan fingerprint density at radius 2 is 2.29 bits per heavy atom. The Labute approximate surface area is 123 Å². The third-order valence-corrected chi connectivity index (χ3v) is 6.39. The van der Waals surface area contributed by atoms with Gasteiger partial charge in [-0.15, -0.1) is 0 Å². The lowest BCUT2D eigenvalue weighted by atomic mass is 9.52. The minimum atomic E-state index is -0.366. The smallest absolute Gasteiger partial charge is 0.174 e. The summed E-state index contributed by atoms with van der Waals surface area (Å²) in [4.78, 5) is 14.9. The lowest BCUT2D eigenvalue weighted by Crippen LogP contribution is -2.65. The molecular formula is C17H19NO3. The van der Waals surface area contributed by atoms with E-state index in [1.165, 1.54) is 5.56 Å². The van der Waals surface area contributed by atoms with Crippen molar-refractivity contribution in [1.82, 2.24) is 4.90 Å². The molecule has 4 nitrogen and oxygen atoms in total. The van der Waals surface area contributed by atoms with Gasteiger partial charge < -0.3 is 14.7 Å². The summed E-state index contributed by atoms with van der Waals surface area (Å²) in [7, 11) is 2.20. The number of carbonyl (C=O) groups is 1. The molecule has 1 aromatic carbocycles. The molecule has 2 aliphatic heterocycles. The van der Waals surface area contributed by atoms with E-state index >= 15 is 0 Å². The van der Waals surface area contributed by atoms with E-state index in [2.05, 4.69) is 11.9 Å². The van der Waals surface area contributed by atoms with Gasteiger partial charge in [-0.05, 0) is 50.4 Å². The number of likely N-dealkylation sites (N-methyl/N-ethyl adjacent to an activating group) is 1. The van der Waals surface area contributed by atoms with Crippen LogP contribution >= 0.6 is 0 Å². The van der Waals surface area contributed by atoms with Gasteiger partial charge in [-0.1, -0.05) is 6.07 Å². The van der Waals surface area contributed by atoms with Gasteiger partial charge in [0.15, 0.2) is 23.4 Å². The second-order valence-electron chi connectivity index (χ2n) is 7.10. The van der Waals surface area contributed by atoms with Gasteiger partial charge in [-0.2, -0.15) is 0 Å².